The second kappa shape index (κ2) is 6.19. The van der Waals surface area contributed by atoms with Crippen LogP contribution >= 0.6 is 23.2 Å². The highest BCUT2D eigenvalue weighted by molar-refractivity contribution is 6.52. The standard InChI is InChI=1S/C20H22Cl2N6O/c1-4-28-17(29)13-8-6-5-7-12(13)15(25-28)16-23-24-18(26(16)3)27-10-9-19(2)14(11-27)20(19,21)22/h5-8,14H,4,9-11H2,1-3H3. The number of piperidine rings is 1. The fourth-order valence-electron chi connectivity index (χ4n) is 4.61. The number of aromatic nitrogens is 5. The summed E-state index contributed by atoms with van der Waals surface area (Å²) in [6.07, 6.45) is 0.911. The molecule has 2 aliphatic rings. The highest BCUT2D eigenvalue weighted by atomic mass is 35.5. The molecule has 29 heavy (non-hydrogen) atoms. The Morgan fingerprint density at radius 2 is 1.93 bits per heavy atom. The van der Waals surface area contributed by atoms with Gasteiger partial charge in [0.05, 0.1) is 5.39 Å². The van der Waals surface area contributed by atoms with Crippen LogP contribution in [0.25, 0.3) is 22.3 Å². The lowest BCUT2D eigenvalue weighted by Crippen LogP contribution is -2.35. The van der Waals surface area contributed by atoms with Gasteiger partial charge in [-0.3, -0.25) is 9.36 Å². The molecule has 2 unspecified atom stereocenters. The lowest BCUT2D eigenvalue weighted by atomic mass is 9.98. The Balaban J connectivity index is 1.58. The highest BCUT2D eigenvalue weighted by Crippen LogP contribution is 2.72. The van der Waals surface area contributed by atoms with Crippen molar-refractivity contribution in [3.63, 3.8) is 0 Å². The van der Waals surface area contributed by atoms with Gasteiger partial charge in [-0.1, -0.05) is 25.1 Å². The summed E-state index contributed by atoms with van der Waals surface area (Å²) in [5.74, 6) is 1.61. The summed E-state index contributed by atoms with van der Waals surface area (Å²) in [6, 6.07) is 7.49. The van der Waals surface area contributed by atoms with Crippen molar-refractivity contribution in [2.45, 2.75) is 31.1 Å². The lowest BCUT2D eigenvalue weighted by molar-refractivity contribution is 0.408. The topological polar surface area (TPSA) is 68.8 Å². The smallest absolute Gasteiger partial charge is 0.274 e. The van der Waals surface area contributed by atoms with E-state index in [4.69, 9.17) is 23.2 Å². The van der Waals surface area contributed by atoms with Crippen LogP contribution in [0.1, 0.15) is 20.3 Å². The van der Waals surface area contributed by atoms with E-state index < -0.39 is 4.33 Å². The summed E-state index contributed by atoms with van der Waals surface area (Å²) in [6.45, 7) is 6.11. The second-order valence-electron chi connectivity index (χ2n) is 8.19. The van der Waals surface area contributed by atoms with Crippen molar-refractivity contribution in [3.05, 3.63) is 34.6 Å². The summed E-state index contributed by atoms with van der Waals surface area (Å²) < 4.78 is 2.74. The molecule has 1 saturated carbocycles. The van der Waals surface area contributed by atoms with Crippen LogP contribution in [0, 0.1) is 11.3 Å². The van der Waals surface area contributed by atoms with Crippen molar-refractivity contribution in [1.29, 1.82) is 0 Å². The van der Waals surface area contributed by atoms with Crippen LogP contribution in [0.2, 0.25) is 0 Å². The molecule has 0 radical (unpaired) electrons. The van der Waals surface area contributed by atoms with Gasteiger partial charge >= 0.3 is 0 Å². The molecule has 2 aromatic heterocycles. The average Bonchev–Trinajstić information content (AvgIpc) is 2.97. The molecular weight excluding hydrogens is 411 g/mol. The third kappa shape index (κ3) is 2.50. The molecule has 9 heteroatoms. The molecule has 3 heterocycles. The minimum Gasteiger partial charge on any atom is -0.340 e. The van der Waals surface area contributed by atoms with Crippen LogP contribution in [0.15, 0.2) is 29.1 Å². The van der Waals surface area contributed by atoms with Gasteiger partial charge in [0.15, 0.2) is 5.82 Å². The van der Waals surface area contributed by atoms with E-state index in [1.807, 2.05) is 42.8 Å². The Labute approximate surface area is 178 Å². The van der Waals surface area contributed by atoms with Crippen molar-refractivity contribution >= 4 is 39.9 Å². The molecule has 2 atom stereocenters. The average molecular weight is 433 g/mol. The van der Waals surface area contributed by atoms with Crippen LogP contribution in [0.4, 0.5) is 5.95 Å². The minimum atomic E-state index is -0.669. The first-order valence-electron chi connectivity index (χ1n) is 9.82. The zero-order chi connectivity index (χ0) is 20.6. The first-order valence-corrected chi connectivity index (χ1v) is 10.6. The molecule has 5 rings (SSSR count). The normalized spacial score (nSPS) is 25.3. The van der Waals surface area contributed by atoms with E-state index in [2.05, 4.69) is 27.1 Å². The van der Waals surface area contributed by atoms with E-state index in [1.54, 1.807) is 0 Å². The molecule has 3 aromatic rings. The number of fused-ring (bicyclic) bond motifs is 2. The summed E-state index contributed by atoms with van der Waals surface area (Å²) in [4.78, 5) is 14.8. The number of aryl methyl sites for hydroxylation is 1. The molecular formula is C20H22Cl2N6O. The largest absolute Gasteiger partial charge is 0.340 e. The first kappa shape index (κ1) is 18.9. The Morgan fingerprint density at radius 1 is 1.21 bits per heavy atom. The van der Waals surface area contributed by atoms with Crippen molar-refractivity contribution in [2.24, 2.45) is 18.4 Å². The van der Waals surface area contributed by atoms with E-state index in [-0.39, 0.29) is 16.9 Å². The maximum Gasteiger partial charge on any atom is 0.274 e. The van der Waals surface area contributed by atoms with E-state index in [9.17, 15) is 4.79 Å². The van der Waals surface area contributed by atoms with Crippen molar-refractivity contribution in [3.8, 4) is 11.5 Å². The van der Waals surface area contributed by atoms with E-state index in [0.717, 1.165) is 30.8 Å². The van der Waals surface area contributed by atoms with Gasteiger partial charge in [-0.2, -0.15) is 5.10 Å². The van der Waals surface area contributed by atoms with Crippen molar-refractivity contribution < 1.29 is 0 Å². The van der Waals surface area contributed by atoms with Crippen LogP contribution in [0.3, 0.4) is 0 Å². The van der Waals surface area contributed by atoms with Gasteiger partial charge in [-0.05, 0) is 19.4 Å². The lowest BCUT2D eigenvalue weighted by Gasteiger charge is -2.29. The molecule has 0 spiro atoms. The maximum atomic E-state index is 12.6. The molecule has 7 nitrogen and oxygen atoms in total. The second-order valence-corrected chi connectivity index (χ2v) is 9.57. The number of hydrogen-bond donors (Lipinski definition) is 0. The van der Waals surface area contributed by atoms with Gasteiger partial charge in [-0.25, -0.2) is 4.68 Å². The number of hydrogen-bond acceptors (Lipinski definition) is 5. The van der Waals surface area contributed by atoms with Crippen molar-refractivity contribution in [2.75, 3.05) is 18.0 Å². The Hall–Kier alpha value is -2.12. The fraction of sp³-hybridized carbons (Fsp3) is 0.500. The number of rotatable bonds is 3. The predicted octanol–water partition coefficient (Wildman–Crippen LogP) is 3.23. The van der Waals surface area contributed by atoms with Crippen LogP contribution < -0.4 is 10.5 Å². The minimum absolute atomic E-state index is 0.0254. The molecule has 0 N–H and O–H groups in total. The zero-order valence-electron chi connectivity index (χ0n) is 16.6. The first-order chi connectivity index (χ1) is 13.8. The molecule has 1 saturated heterocycles. The Bertz CT molecular complexity index is 1190. The number of nitrogens with zero attached hydrogens (tertiary/aromatic N) is 6. The number of anilines is 1. The van der Waals surface area contributed by atoms with Crippen LogP contribution in [-0.2, 0) is 13.6 Å². The molecule has 1 aliphatic carbocycles. The number of halogens is 2. The highest BCUT2D eigenvalue weighted by Gasteiger charge is 2.74. The summed E-state index contributed by atoms with van der Waals surface area (Å²) >= 11 is 13.0. The molecule has 1 aliphatic heterocycles. The SMILES string of the molecule is CCn1nc(-c2nnc(N3CCC4(C)C(C3)C4(Cl)Cl)n2C)c2ccccc2c1=O. The Kier molecular flexibility index (Phi) is 4.03. The maximum absolute atomic E-state index is 12.6. The summed E-state index contributed by atoms with van der Waals surface area (Å²) in [5, 5.41) is 14.9. The third-order valence-corrected chi connectivity index (χ3v) is 8.09. The summed E-state index contributed by atoms with van der Waals surface area (Å²) in [5.41, 5.74) is 0.530. The van der Waals surface area contributed by atoms with Gasteiger partial charge in [0.1, 0.15) is 10.0 Å². The van der Waals surface area contributed by atoms with E-state index in [0.29, 0.717) is 23.4 Å². The van der Waals surface area contributed by atoms with Gasteiger partial charge in [0.2, 0.25) is 5.95 Å². The molecule has 0 amide bonds. The van der Waals surface area contributed by atoms with Gasteiger partial charge in [-0.15, -0.1) is 33.4 Å². The van der Waals surface area contributed by atoms with Crippen molar-refractivity contribution in [1.82, 2.24) is 24.5 Å². The molecule has 0 bridgehead atoms. The van der Waals surface area contributed by atoms with Gasteiger partial charge < -0.3 is 4.90 Å². The van der Waals surface area contributed by atoms with Gasteiger partial charge in [0.25, 0.3) is 5.56 Å². The Morgan fingerprint density at radius 3 is 2.62 bits per heavy atom. The number of benzene rings is 1. The summed E-state index contributed by atoms with van der Waals surface area (Å²) in [7, 11) is 1.93. The third-order valence-electron chi connectivity index (χ3n) is 6.70. The van der Waals surface area contributed by atoms with E-state index >= 15 is 0 Å². The number of alkyl halides is 2. The van der Waals surface area contributed by atoms with Gasteiger partial charge in [0, 0.05) is 43.4 Å². The fourth-order valence-corrected chi connectivity index (χ4v) is 5.57. The predicted molar refractivity (Wildman–Crippen MR) is 115 cm³/mol. The van der Waals surface area contributed by atoms with E-state index in [1.165, 1.54) is 4.68 Å². The van der Waals surface area contributed by atoms with Crippen LogP contribution in [-0.4, -0.2) is 42.0 Å². The quantitative estimate of drug-likeness (QED) is 0.594. The van der Waals surface area contributed by atoms with Crippen LogP contribution in [0.5, 0.6) is 0 Å². The molecule has 2 fully saturated rings. The molecule has 1 aromatic carbocycles. The molecule has 152 valence electrons. The zero-order valence-corrected chi connectivity index (χ0v) is 18.1. The monoisotopic (exact) mass is 432 g/mol.